The van der Waals surface area contributed by atoms with Crippen molar-refractivity contribution >= 4 is 5.91 Å². The zero-order valence-corrected chi connectivity index (χ0v) is 12.3. The summed E-state index contributed by atoms with van der Waals surface area (Å²) in [4.78, 5) is 10.5. The highest BCUT2D eigenvalue weighted by atomic mass is 19.4. The molecule has 0 saturated heterocycles. The van der Waals surface area contributed by atoms with Crippen LogP contribution < -0.4 is 0 Å². The number of likely N-dealkylation sites (N-methyl/N-ethyl adjacent to an activating group) is 1. The lowest BCUT2D eigenvalue weighted by atomic mass is 9.93. The number of hydrogen-bond donors (Lipinski definition) is 0. The van der Waals surface area contributed by atoms with Gasteiger partial charge in [0.1, 0.15) is 0 Å². The monoisotopic (exact) mass is 417 g/mol. The average Bonchev–Trinajstić information content (AvgIpc) is 2.43. The van der Waals surface area contributed by atoms with Crippen LogP contribution in [0.4, 0.5) is 57.1 Å². The molecule has 0 saturated carbocycles. The van der Waals surface area contributed by atoms with E-state index in [1.54, 1.807) is 0 Å². The first-order valence-corrected chi connectivity index (χ1v) is 5.95. The van der Waals surface area contributed by atoms with Crippen molar-refractivity contribution in [1.82, 2.24) is 4.90 Å². The highest BCUT2D eigenvalue weighted by Crippen LogP contribution is 2.60. The standard InChI is InChI=1S/C11H8F13NO/c1-3-5(26)25(2)4-6(12,13)7(14,15)8(16,17)9(18,19)10(20,21)11(22,23)24/h3H,1,4H2,2H3. The Labute approximate surface area is 136 Å². The highest BCUT2D eigenvalue weighted by Gasteiger charge is 2.90. The SMILES string of the molecule is C=CC(=O)N(C)CC(F)(F)C(F)(F)C(F)(F)C(F)(F)C(F)(F)C(F)(F)F. The van der Waals surface area contributed by atoms with Crippen molar-refractivity contribution in [1.29, 1.82) is 0 Å². The smallest absolute Gasteiger partial charge is 0.336 e. The van der Waals surface area contributed by atoms with Gasteiger partial charge in [0.05, 0.1) is 6.54 Å². The van der Waals surface area contributed by atoms with Crippen LogP contribution in [-0.4, -0.2) is 60.2 Å². The molecule has 15 heteroatoms. The molecule has 0 aromatic heterocycles. The van der Waals surface area contributed by atoms with Gasteiger partial charge in [-0.1, -0.05) is 6.58 Å². The molecule has 0 N–H and O–H groups in total. The molecule has 0 rings (SSSR count). The summed E-state index contributed by atoms with van der Waals surface area (Å²) < 4.78 is 166. The first kappa shape index (κ1) is 24.3. The third-order valence-electron chi connectivity index (χ3n) is 2.99. The topological polar surface area (TPSA) is 20.3 Å². The van der Waals surface area contributed by atoms with Crippen LogP contribution in [0, 0.1) is 0 Å². The number of nitrogens with zero attached hydrogens (tertiary/aromatic N) is 1. The molecule has 2 nitrogen and oxygen atoms in total. The second-order valence-electron chi connectivity index (χ2n) is 4.90. The molecule has 0 heterocycles. The maximum Gasteiger partial charge on any atom is 0.460 e. The Morgan fingerprint density at radius 2 is 1.12 bits per heavy atom. The fourth-order valence-electron chi connectivity index (χ4n) is 1.43. The van der Waals surface area contributed by atoms with Crippen LogP contribution in [0.2, 0.25) is 0 Å². The summed E-state index contributed by atoms with van der Waals surface area (Å²) in [5, 5.41) is 0. The van der Waals surface area contributed by atoms with E-state index in [1.807, 2.05) is 0 Å². The Morgan fingerprint density at radius 1 is 0.769 bits per heavy atom. The average molecular weight is 417 g/mol. The van der Waals surface area contributed by atoms with Crippen LogP contribution in [-0.2, 0) is 4.79 Å². The van der Waals surface area contributed by atoms with Gasteiger partial charge in [-0.25, -0.2) is 0 Å². The first-order chi connectivity index (χ1) is 11.1. The van der Waals surface area contributed by atoms with Crippen LogP contribution >= 0.6 is 0 Å². The number of hydrogen-bond acceptors (Lipinski definition) is 1. The second-order valence-corrected chi connectivity index (χ2v) is 4.90. The summed E-state index contributed by atoms with van der Waals surface area (Å²) in [6.07, 6.45) is -7.24. The summed E-state index contributed by atoms with van der Waals surface area (Å²) in [5.74, 6) is -38.9. The number of alkyl halides is 13. The molecular weight excluding hydrogens is 409 g/mol. The van der Waals surface area contributed by atoms with Gasteiger partial charge in [-0.05, 0) is 6.08 Å². The quantitative estimate of drug-likeness (QED) is 0.445. The maximum atomic E-state index is 13.3. The van der Waals surface area contributed by atoms with Crippen molar-refractivity contribution < 1.29 is 61.9 Å². The van der Waals surface area contributed by atoms with E-state index < -0.39 is 53.1 Å². The van der Waals surface area contributed by atoms with Gasteiger partial charge in [-0.2, -0.15) is 57.1 Å². The lowest BCUT2D eigenvalue weighted by Crippen LogP contribution is -2.71. The van der Waals surface area contributed by atoms with Crippen molar-refractivity contribution in [2.75, 3.05) is 13.6 Å². The molecule has 0 radical (unpaired) electrons. The number of carbonyl (C=O) groups excluding carboxylic acids is 1. The Balaban J connectivity index is 6.16. The molecule has 0 aromatic rings. The molecular formula is C11H8F13NO. The van der Waals surface area contributed by atoms with Crippen molar-refractivity contribution in [3.05, 3.63) is 12.7 Å². The number of carbonyl (C=O) groups is 1. The van der Waals surface area contributed by atoms with Gasteiger partial charge in [0.15, 0.2) is 0 Å². The zero-order valence-electron chi connectivity index (χ0n) is 12.3. The van der Waals surface area contributed by atoms with Crippen molar-refractivity contribution in [3.63, 3.8) is 0 Å². The van der Waals surface area contributed by atoms with Gasteiger partial charge < -0.3 is 4.90 Å². The highest BCUT2D eigenvalue weighted by molar-refractivity contribution is 5.86. The lowest BCUT2D eigenvalue weighted by molar-refractivity contribution is -0.439. The Bertz CT molecular complexity index is 551. The van der Waals surface area contributed by atoms with Crippen LogP contribution in [0.5, 0.6) is 0 Å². The molecule has 0 unspecified atom stereocenters. The van der Waals surface area contributed by atoms with Crippen molar-refractivity contribution in [3.8, 4) is 0 Å². The second kappa shape index (κ2) is 6.48. The van der Waals surface area contributed by atoms with Gasteiger partial charge in [0.25, 0.3) is 0 Å². The minimum Gasteiger partial charge on any atom is -0.336 e. The van der Waals surface area contributed by atoms with Gasteiger partial charge >= 0.3 is 35.8 Å². The van der Waals surface area contributed by atoms with Gasteiger partial charge in [-0.15, -0.1) is 0 Å². The number of halogens is 13. The molecule has 26 heavy (non-hydrogen) atoms. The van der Waals surface area contributed by atoms with Crippen LogP contribution in [0.3, 0.4) is 0 Å². The predicted octanol–water partition coefficient (Wildman–Crippen LogP) is 4.37. The summed E-state index contributed by atoms with van der Waals surface area (Å²) in [6, 6.07) is 0. The molecule has 0 atom stereocenters. The molecule has 0 spiro atoms. The fourth-order valence-corrected chi connectivity index (χ4v) is 1.43. The Hall–Kier alpha value is -1.70. The van der Waals surface area contributed by atoms with E-state index in [4.69, 9.17) is 0 Å². The van der Waals surface area contributed by atoms with Crippen LogP contribution in [0.25, 0.3) is 0 Å². The largest absolute Gasteiger partial charge is 0.460 e. The molecule has 0 aliphatic carbocycles. The predicted molar refractivity (Wildman–Crippen MR) is 58.6 cm³/mol. The van der Waals surface area contributed by atoms with Crippen molar-refractivity contribution in [2.45, 2.75) is 35.8 Å². The Kier molecular flexibility index (Phi) is 6.05. The van der Waals surface area contributed by atoms with E-state index in [0.29, 0.717) is 7.05 Å². The van der Waals surface area contributed by atoms with Crippen molar-refractivity contribution in [2.24, 2.45) is 0 Å². The molecule has 0 bridgehead atoms. The summed E-state index contributed by atoms with van der Waals surface area (Å²) in [6.45, 7) is -0.00889. The minimum absolute atomic E-state index is 0.221. The zero-order chi connectivity index (χ0) is 21.6. The van der Waals surface area contributed by atoms with E-state index >= 15 is 0 Å². The fraction of sp³-hybridized carbons (Fsp3) is 0.727. The molecule has 0 aliphatic heterocycles. The van der Waals surface area contributed by atoms with E-state index in [0.717, 1.165) is 0 Å². The molecule has 0 aliphatic rings. The normalized spacial score (nSPS) is 15.0. The summed E-state index contributed by atoms with van der Waals surface area (Å²) in [5.41, 5.74) is 0. The third kappa shape index (κ3) is 3.43. The molecule has 1 amide bonds. The number of amides is 1. The molecule has 154 valence electrons. The Morgan fingerprint density at radius 3 is 1.42 bits per heavy atom. The lowest BCUT2D eigenvalue weighted by Gasteiger charge is -2.40. The van der Waals surface area contributed by atoms with Crippen LogP contribution in [0.15, 0.2) is 12.7 Å². The van der Waals surface area contributed by atoms with E-state index in [9.17, 15) is 61.9 Å². The summed E-state index contributed by atoms with van der Waals surface area (Å²) in [7, 11) is 0.300. The van der Waals surface area contributed by atoms with E-state index in [1.165, 1.54) is 0 Å². The maximum absolute atomic E-state index is 13.3. The van der Waals surface area contributed by atoms with Gasteiger partial charge in [-0.3, -0.25) is 4.79 Å². The van der Waals surface area contributed by atoms with E-state index in [-0.39, 0.29) is 6.08 Å². The van der Waals surface area contributed by atoms with Gasteiger partial charge in [0.2, 0.25) is 5.91 Å². The van der Waals surface area contributed by atoms with Gasteiger partial charge in [0, 0.05) is 7.05 Å². The summed E-state index contributed by atoms with van der Waals surface area (Å²) >= 11 is 0. The molecule has 0 aromatic carbocycles. The molecule has 0 fully saturated rings. The van der Waals surface area contributed by atoms with Crippen LogP contribution in [0.1, 0.15) is 0 Å². The first-order valence-electron chi connectivity index (χ1n) is 5.95. The third-order valence-corrected chi connectivity index (χ3v) is 2.99. The number of rotatable bonds is 7. The minimum atomic E-state index is -7.95. The van der Waals surface area contributed by atoms with E-state index in [2.05, 4.69) is 6.58 Å².